The van der Waals surface area contributed by atoms with E-state index in [4.69, 9.17) is 5.11 Å². The van der Waals surface area contributed by atoms with Crippen LogP contribution in [0, 0.1) is 0 Å². The number of hydrogen-bond acceptors (Lipinski definition) is 3. The molecule has 1 amide bonds. The van der Waals surface area contributed by atoms with Crippen LogP contribution in [0.15, 0.2) is 24.3 Å². The first-order valence-electron chi connectivity index (χ1n) is 7.99. The van der Waals surface area contributed by atoms with Gasteiger partial charge in [-0.05, 0) is 30.4 Å². The number of benzene rings is 1. The van der Waals surface area contributed by atoms with Gasteiger partial charge in [0.2, 0.25) is 5.91 Å². The van der Waals surface area contributed by atoms with Gasteiger partial charge in [-0.2, -0.15) is 0 Å². The number of aliphatic hydroxyl groups excluding tert-OH is 1. The van der Waals surface area contributed by atoms with E-state index in [1.165, 1.54) is 11.1 Å². The average Bonchev–Trinajstić information content (AvgIpc) is 2.55. The number of β-amino-alcohol motifs (C(OH)–C–C–N with tert-alkyl or cyclic N) is 1. The number of hydrogen-bond donors (Lipinski definition) is 1. The first-order valence-corrected chi connectivity index (χ1v) is 7.99. The summed E-state index contributed by atoms with van der Waals surface area (Å²) in [5, 5.41) is 8.98. The summed E-state index contributed by atoms with van der Waals surface area (Å²) in [5.41, 5.74) is 2.59. The molecule has 4 heteroatoms. The Labute approximate surface area is 126 Å². The minimum Gasteiger partial charge on any atom is -0.395 e. The number of carbonyl (C=O) groups is 1. The van der Waals surface area contributed by atoms with Crippen molar-refractivity contribution in [3.63, 3.8) is 0 Å². The third-order valence-electron chi connectivity index (χ3n) is 4.77. The van der Waals surface area contributed by atoms with Gasteiger partial charge in [-0.1, -0.05) is 24.3 Å². The van der Waals surface area contributed by atoms with E-state index in [-0.39, 0.29) is 12.5 Å². The van der Waals surface area contributed by atoms with Crippen molar-refractivity contribution >= 4 is 5.91 Å². The van der Waals surface area contributed by atoms with Crippen LogP contribution in [0.1, 0.15) is 29.9 Å². The number of aliphatic hydroxyl groups is 1. The van der Waals surface area contributed by atoms with Crippen molar-refractivity contribution in [3.8, 4) is 0 Å². The van der Waals surface area contributed by atoms with Crippen molar-refractivity contribution < 1.29 is 9.90 Å². The van der Waals surface area contributed by atoms with Crippen LogP contribution in [0.5, 0.6) is 0 Å². The average molecular weight is 288 g/mol. The number of carbonyl (C=O) groups excluding carboxylic acids is 1. The smallest absolute Gasteiger partial charge is 0.230 e. The number of aryl methyl sites for hydroxylation is 1. The number of fused-ring (bicyclic) bond motifs is 1. The van der Waals surface area contributed by atoms with Crippen LogP contribution in [-0.2, 0) is 11.2 Å². The molecule has 1 N–H and O–H groups in total. The molecule has 1 unspecified atom stereocenters. The van der Waals surface area contributed by atoms with Crippen LogP contribution in [0.25, 0.3) is 0 Å². The summed E-state index contributed by atoms with van der Waals surface area (Å²) >= 11 is 0. The standard InChI is InChI=1S/C17H24N2O2/c20-13-12-18-8-10-19(11-9-18)17(21)16-7-3-5-14-4-1-2-6-15(14)16/h1-2,4,6,16,20H,3,5,7-13H2. The minimum atomic E-state index is 0.0549. The van der Waals surface area contributed by atoms with E-state index in [2.05, 4.69) is 23.1 Å². The molecule has 3 rings (SSSR count). The van der Waals surface area contributed by atoms with Gasteiger partial charge in [-0.15, -0.1) is 0 Å². The molecule has 0 aromatic heterocycles. The highest BCUT2D eigenvalue weighted by atomic mass is 16.3. The quantitative estimate of drug-likeness (QED) is 0.910. The first kappa shape index (κ1) is 14.5. The maximum Gasteiger partial charge on any atom is 0.230 e. The molecule has 2 aliphatic rings. The molecule has 1 atom stereocenters. The zero-order valence-electron chi connectivity index (χ0n) is 12.5. The van der Waals surface area contributed by atoms with Crippen molar-refractivity contribution in [2.75, 3.05) is 39.3 Å². The largest absolute Gasteiger partial charge is 0.395 e. The Bertz CT molecular complexity index is 495. The molecule has 0 radical (unpaired) electrons. The molecular weight excluding hydrogens is 264 g/mol. The molecule has 1 aromatic carbocycles. The third kappa shape index (κ3) is 3.11. The molecular formula is C17H24N2O2. The second kappa shape index (κ2) is 6.58. The lowest BCUT2D eigenvalue weighted by Gasteiger charge is -2.37. The molecule has 0 saturated carbocycles. The SMILES string of the molecule is O=C(C1CCCc2ccccc21)N1CCN(CCO)CC1. The van der Waals surface area contributed by atoms with Gasteiger partial charge in [0.1, 0.15) is 0 Å². The summed E-state index contributed by atoms with van der Waals surface area (Å²) in [6, 6.07) is 8.40. The molecule has 21 heavy (non-hydrogen) atoms. The topological polar surface area (TPSA) is 43.8 Å². The zero-order chi connectivity index (χ0) is 14.7. The summed E-state index contributed by atoms with van der Waals surface area (Å²) in [7, 11) is 0. The highest BCUT2D eigenvalue weighted by molar-refractivity contribution is 5.84. The molecule has 1 heterocycles. The Morgan fingerprint density at radius 1 is 1.19 bits per heavy atom. The van der Waals surface area contributed by atoms with Crippen molar-refractivity contribution in [2.45, 2.75) is 25.2 Å². The van der Waals surface area contributed by atoms with Gasteiger partial charge in [0.05, 0.1) is 12.5 Å². The van der Waals surface area contributed by atoms with Crippen LogP contribution in [0.4, 0.5) is 0 Å². The van der Waals surface area contributed by atoms with E-state index < -0.39 is 0 Å². The summed E-state index contributed by atoms with van der Waals surface area (Å²) < 4.78 is 0. The van der Waals surface area contributed by atoms with Crippen molar-refractivity contribution in [3.05, 3.63) is 35.4 Å². The normalized spacial score (nSPS) is 22.9. The van der Waals surface area contributed by atoms with E-state index in [0.717, 1.165) is 45.4 Å². The van der Waals surface area contributed by atoms with Gasteiger partial charge >= 0.3 is 0 Å². The third-order valence-corrected chi connectivity index (χ3v) is 4.77. The Balaban J connectivity index is 1.67. The number of piperazine rings is 1. The molecule has 114 valence electrons. The highest BCUT2D eigenvalue weighted by Crippen LogP contribution is 2.33. The predicted octanol–water partition coefficient (Wildman–Crippen LogP) is 1.24. The zero-order valence-corrected chi connectivity index (χ0v) is 12.5. The number of amides is 1. The Morgan fingerprint density at radius 2 is 1.95 bits per heavy atom. The minimum absolute atomic E-state index is 0.0549. The molecule has 1 fully saturated rings. The Kier molecular flexibility index (Phi) is 4.56. The summed E-state index contributed by atoms with van der Waals surface area (Å²) in [5.74, 6) is 0.352. The molecule has 1 aliphatic heterocycles. The van der Waals surface area contributed by atoms with Crippen molar-refractivity contribution in [1.82, 2.24) is 9.80 Å². The lowest BCUT2D eigenvalue weighted by Crippen LogP contribution is -2.50. The van der Waals surface area contributed by atoms with E-state index in [9.17, 15) is 4.79 Å². The van der Waals surface area contributed by atoms with Crippen LogP contribution in [-0.4, -0.2) is 60.1 Å². The number of rotatable bonds is 3. The molecule has 0 spiro atoms. The second-order valence-corrected chi connectivity index (χ2v) is 6.03. The highest BCUT2D eigenvalue weighted by Gasteiger charge is 2.31. The van der Waals surface area contributed by atoms with Crippen molar-refractivity contribution in [2.24, 2.45) is 0 Å². The fourth-order valence-corrected chi connectivity index (χ4v) is 3.56. The lowest BCUT2D eigenvalue weighted by molar-refractivity contribution is -0.135. The predicted molar refractivity (Wildman–Crippen MR) is 82.2 cm³/mol. The molecule has 0 bridgehead atoms. The van der Waals surface area contributed by atoms with Gasteiger partial charge in [-0.3, -0.25) is 9.69 Å². The summed E-state index contributed by atoms with van der Waals surface area (Å²) in [6.45, 7) is 4.24. The van der Waals surface area contributed by atoms with Crippen LogP contribution in [0.3, 0.4) is 0 Å². The molecule has 1 aliphatic carbocycles. The maximum atomic E-state index is 12.8. The summed E-state index contributed by atoms with van der Waals surface area (Å²) in [6.07, 6.45) is 3.19. The van der Waals surface area contributed by atoms with Gasteiger partial charge in [-0.25, -0.2) is 0 Å². The Hall–Kier alpha value is -1.39. The van der Waals surface area contributed by atoms with Crippen molar-refractivity contribution in [1.29, 1.82) is 0 Å². The molecule has 1 aromatic rings. The molecule has 1 saturated heterocycles. The van der Waals surface area contributed by atoms with Crippen LogP contribution in [0.2, 0.25) is 0 Å². The fourth-order valence-electron chi connectivity index (χ4n) is 3.56. The second-order valence-electron chi connectivity index (χ2n) is 6.03. The lowest BCUT2D eigenvalue weighted by atomic mass is 9.82. The van der Waals surface area contributed by atoms with E-state index in [1.807, 2.05) is 11.0 Å². The van der Waals surface area contributed by atoms with Gasteiger partial charge in [0, 0.05) is 32.7 Å². The fraction of sp³-hybridized carbons (Fsp3) is 0.588. The summed E-state index contributed by atoms with van der Waals surface area (Å²) in [4.78, 5) is 17.1. The Morgan fingerprint density at radius 3 is 2.71 bits per heavy atom. The first-order chi connectivity index (χ1) is 10.3. The van der Waals surface area contributed by atoms with Crippen LogP contribution < -0.4 is 0 Å². The van der Waals surface area contributed by atoms with E-state index in [0.29, 0.717) is 12.5 Å². The molecule has 4 nitrogen and oxygen atoms in total. The van der Waals surface area contributed by atoms with E-state index in [1.54, 1.807) is 0 Å². The van der Waals surface area contributed by atoms with E-state index >= 15 is 0 Å². The van der Waals surface area contributed by atoms with Gasteiger partial charge in [0.25, 0.3) is 0 Å². The number of nitrogens with zero attached hydrogens (tertiary/aromatic N) is 2. The van der Waals surface area contributed by atoms with Gasteiger partial charge < -0.3 is 10.0 Å². The van der Waals surface area contributed by atoms with Gasteiger partial charge in [0.15, 0.2) is 0 Å². The monoisotopic (exact) mass is 288 g/mol. The maximum absolute atomic E-state index is 12.8. The van der Waals surface area contributed by atoms with Crippen LogP contribution >= 0.6 is 0 Å².